The number of nitrogen functional groups attached to an aromatic ring is 1. The lowest BCUT2D eigenvalue weighted by molar-refractivity contribution is -0.138. The van der Waals surface area contributed by atoms with Gasteiger partial charge in [0.05, 0.1) is 11.4 Å². The van der Waals surface area contributed by atoms with Crippen molar-refractivity contribution < 1.29 is 9.90 Å². The summed E-state index contributed by atoms with van der Waals surface area (Å²) in [6, 6.07) is 2.91. The predicted octanol–water partition coefficient (Wildman–Crippen LogP) is 0.709. The normalized spacial score (nSPS) is 12.2. The molecule has 0 aromatic heterocycles. The molecule has 0 saturated heterocycles. The maximum atomic E-state index is 10.5. The van der Waals surface area contributed by atoms with E-state index in [1.165, 1.54) is 0 Å². The predicted molar refractivity (Wildman–Crippen MR) is 64.4 cm³/mol. The number of carbonyl (C=O) groups is 1. The highest BCUT2D eigenvalue weighted by atomic mass is 16.4. The molecule has 0 radical (unpaired) electrons. The van der Waals surface area contributed by atoms with E-state index in [0.29, 0.717) is 5.69 Å². The summed E-state index contributed by atoms with van der Waals surface area (Å²) in [5.41, 5.74) is 14.6. The van der Waals surface area contributed by atoms with Crippen molar-refractivity contribution >= 4 is 17.3 Å². The van der Waals surface area contributed by atoms with Gasteiger partial charge in [-0.1, -0.05) is 6.07 Å². The average Bonchev–Trinajstić information content (AvgIpc) is 2.20. The zero-order chi connectivity index (χ0) is 12.3. The van der Waals surface area contributed by atoms with Crippen LogP contribution in [0.2, 0.25) is 0 Å². The molecule has 0 fully saturated rings. The number of nitrogens with two attached hydrogens (primary N) is 2. The van der Waals surface area contributed by atoms with E-state index in [-0.39, 0.29) is 6.54 Å². The maximum Gasteiger partial charge on any atom is 0.322 e. The molecular weight excluding hydrogens is 206 g/mol. The zero-order valence-corrected chi connectivity index (χ0v) is 9.45. The van der Waals surface area contributed by atoms with E-state index < -0.39 is 12.0 Å². The minimum absolute atomic E-state index is 0.155. The van der Waals surface area contributed by atoms with Gasteiger partial charge in [-0.15, -0.1) is 0 Å². The van der Waals surface area contributed by atoms with Crippen LogP contribution in [0.3, 0.4) is 0 Å². The SMILES string of the molecule is Cc1cc(C)c(N)c(NCC(N)C(=O)O)c1. The fourth-order valence-electron chi connectivity index (χ4n) is 1.43. The number of carboxylic acids is 1. The first kappa shape index (κ1) is 12.3. The van der Waals surface area contributed by atoms with Gasteiger partial charge in [-0.2, -0.15) is 0 Å². The second kappa shape index (κ2) is 4.85. The van der Waals surface area contributed by atoms with E-state index in [1.54, 1.807) is 0 Å². The van der Waals surface area contributed by atoms with Gasteiger partial charge in [0, 0.05) is 6.54 Å². The van der Waals surface area contributed by atoms with Crippen molar-refractivity contribution in [3.05, 3.63) is 23.3 Å². The number of anilines is 2. The number of carboxylic acid groups (broad SMARTS) is 1. The van der Waals surface area contributed by atoms with Crippen molar-refractivity contribution in [3.63, 3.8) is 0 Å². The zero-order valence-electron chi connectivity index (χ0n) is 9.45. The molecule has 5 heteroatoms. The Hall–Kier alpha value is -1.75. The average molecular weight is 223 g/mol. The Bertz CT molecular complexity index is 404. The molecule has 5 nitrogen and oxygen atoms in total. The Kier molecular flexibility index (Phi) is 3.73. The molecule has 0 heterocycles. The van der Waals surface area contributed by atoms with Crippen molar-refractivity contribution in [3.8, 4) is 0 Å². The van der Waals surface area contributed by atoms with Gasteiger partial charge in [-0.3, -0.25) is 4.79 Å². The number of hydrogen-bond donors (Lipinski definition) is 4. The summed E-state index contributed by atoms with van der Waals surface area (Å²) in [5.74, 6) is -1.03. The van der Waals surface area contributed by atoms with Gasteiger partial charge in [0.2, 0.25) is 0 Å². The van der Waals surface area contributed by atoms with Crippen LogP contribution in [0.4, 0.5) is 11.4 Å². The molecule has 1 rings (SSSR count). The molecule has 0 bridgehead atoms. The number of rotatable bonds is 4. The minimum Gasteiger partial charge on any atom is -0.480 e. The number of nitrogens with one attached hydrogen (secondary N) is 1. The molecule has 0 amide bonds. The van der Waals surface area contributed by atoms with Gasteiger partial charge >= 0.3 is 5.97 Å². The Morgan fingerprint density at radius 3 is 2.69 bits per heavy atom. The van der Waals surface area contributed by atoms with Crippen LogP contribution in [0, 0.1) is 13.8 Å². The summed E-state index contributed by atoms with van der Waals surface area (Å²) < 4.78 is 0. The summed E-state index contributed by atoms with van der Waals surface area (Å²) in [6.07, 6.45) is 0. The van der Waals surface area contributed by atoms with Gasteiger partial charge in [-0.25, -0.2) is 0 Å². The van der Waals surface area contributed by atoms with E-state index in [4.69, 9.17) is 16.6 Å². The van der Waals surface area contributed by atoms with Crippen molar-refractivity contribution in [2.75, 3.05) is 17.6 Å². The monoisotopic (exact) mass is 223 g/mol. The van der Waals surface area contributed by atoms with E-state index in [9.17, 15) is 4.79 Å². The van der Waals surface area contributed by atoms with Crippen LogP contribution in [0.25, 0.3) is 0 Å². The van der Waals surface area contributed by atoms with Crippen molar-refractivity contribution in [2.24, 2.45) is 5.73 Å². The standard InChI is InChI=1S/C11H17N3O2/c1-6-3-7(2)10(13)9(4-6)14-5-8(12)11(15)16/h3-4,8,14H,5,12-13H2,1-2H3,(H,15,16). The first-order valence-electron chi connectivity index (χ1n) is 5.00. The smallest absolute Gasteiger partial charge is 0.322 e. The number of benzene rings is 1. The van der Waals surface area contributed by atoms with Gasteiger partial charge in [-0.05, 0) is 31.0 Å². The van der Waals surface area contributed by atoms with E-state index in [0.717, 1.165) is 16.8 Å². The fraction of sp³-hybridized carbons (Fsp3) is 0.364. The molecule has 0 spiro atoms. The number of hydrogen-bond acceptors (Lipinski definition) is 4. The Balaban J connectivity index is 2.78. The second-order valence-electron chi connectivity index (χ2n) is 3.87. The molecular formula is C11H17N3O2. The van der Waals surface area contributed by atoms with Crippen LogP contribution in [-0.4, -0.2) is 23.7 Å². The maximum absolute atomic E-state index is 10.5. The van der Waals surface area contributed by atoms with Crippen molar-refractivity contribution in [1.82, 2.24) is 0 Å². The van der Waals surface area contributed by atoms with Gasteiger partial charge in [0.1, 0.15) is 6.04 Å². The molecule has 0 aliphatic rings. The van der Waals surface area contributed by atoms with E-state index >= 15 is 0 Å². The molecule has 88 valence electrons. The summed E-state index contributed by atoms with van der Waals surface area (Å²) in [5, 5.41) is 11.6. The lowest BCUT2D eigenvalue weighted by Crippen LogP contribution is -2.37. The molecule has 1 aromatic rings. The van der Waals surface area contributed by atoms with Crippen molar-refractivity contribution in [1.29, 1.82) is 0 Å². The molecule has 1 aromatic carbocycles. The first-order valence-corrected chi connectivity index (χ1v) is 5.00. The van der Waals surface area contributed by atoms with Gasteiger partial charge in [0.25, 0.3) is 0 Å². The van der Waals surface area contributed by atoms with Crippen LogP contribution >= 0.6 is 0 Å². The van der Waals surface area contributed by atoms with Crippen molar-refractivity contribution in [2.45, 2.75) is 19.9 Å². The lowest BCUT2D eigenvalue weighted by atomic mass is 10.1. The number of aliphatic carboxylic acids is 1. The second-order valence-corrected chi connectivity index (χ2v) is 3.87. The molecule has 6 N–H and O–H groups in total. The summed E-state index contributed by atoms with van der Waals surface area (Å²) in [6.45, 7) is 4.02. The molecule has 1 unspecified atom stereocenters. The van der Waals surface area contributed by atoms with Crippen LogP contribution in [0.1, 0.15) is 11.1 Å². The molecule has 0 aliphatic carbocycles. The van der Waals surface area contributed by atoms with E-state index in [2.05, 4.69) is 5.32 Å². The molecule has 0 saturated carbocycles. The third-order valence-corrected chi connectivity index (χ3v) is 2.36. The van der Waals surface area contributed by atoms with Crippen LogP contribution in [-0.2, 0) is 4.79 Å². The van der Waals surface area contributed by atoms with Gasteiger partial charge in [0.15, 0.2) is 0 Å². The third-order valence-electron chi connectivity index (χ3n) is 2.36. The van der Waals surface area contributed by atoms with Crippen LogP contribution in [0.15, 0.2) is 12.1 Å². The minimum atomic E-state index is -1.03. The molecule has 0 aliphatic heterocycles. The highest BCUT2D eigenvalue weighted by molar-refractivity contribution is 5.75. The highest BCUT2D eigenvalue weighted by Gasteiger charge is 2.11. The largest absolute Gasteiger partial charge is 0.480 e. The molecule has 16 heavy (non-hydrogen) atoms. The Morgan fingerprint density at radius 1 is 1.50 bits per heavy atom. The summed E-state index contributed by atoms with van der Waals surface area (Å²) >= 11 is 0. The topological polar surface area (TPSA) is 101 Å². The lowest BCUT2D eigenvalue weighted by Gasteiger charge is -2.14. The van der Waals surface area contributed by atoms with Crippen LogP contribution < -0.4 is 16.8 Å². The van der Waals surface area contributed by atoms with Crippen LogP contribution in [0.5, 0.6) is 0 Å². The molecule has 1 atom stereocenters. The van der Waals surface area contributed by atoms with Gasteiger partial charge < -0.3 is 21.9 Å². The summed E-state index contributed by atoms with van der Waals surface area (Å²) in [7, 11) is 0. The Morgan fingerprint density at radius 2 is 2.12 bits per heavy atom. The third kappa shape index (κ3) is 2.87. The first-order chi connectivity index (χ1) is 7.41. The highest BCUT2D eigenvalue weighted by Crippen LogP contribution is 2.24. The van der Waals surface area contributed by atoms with E-state index in [1.807, 2.05) is 26.0 Å². The quantitative estimate of drug-likeness (QED) is 0.563. The number of aryl methyl sites for hydroxylation is 2. The fourth-order valence-corrected chi connectivity index (χ4v) is 1.43. The Labute approximate surface area is 94.4 Å². The summed E-state index contributed by atoms with van der Waals surface area (Å²) in [4.78, 5) is 10.5.